The molecular formula is C18H30N4O. The predicted octanol–water partition coefficient (Wildman–Crippen LogP) is 3.14. The van der Waals surface area contributed by atoms with E-state index in [2.05, 4.69) is 41.7 Å². The van der Waals surface area contributed by atoms with Crippen molar-refractivity contribution >= 4 is 17.6 Å². The Bertz CT molecular complexity index is 511. The van der Waals surface area contributed by atoms with Crippen LogP contribution in [0.15, 0.2) is 29.3 Å². The molecule has 0 aliphatic heterocycles. The van der Waals surface area contributed by atoms with Gasteiger partial charge >= 0.3 is 0 Å². The largest absolute Gasteiger partial charge is 0.357 e. The van der Waals surface area contributed by atoms with Gasteiger partial charge in [0.2, 0.25) is 5.91 Å². The Morgan fingerprint density at radius 2 is 2.04 bits per heavy atom. The Morgan fingerprint density at radius 1 is 1.26 bits per heavy atom. The van der Waals surface area contributed by atoms with E-state index < -0.39 is 0 Å². The molecule has 0 aliphatic rings. The first-order chi connectivity index (χ1) is 11.0. The Morgan fingerprint density at radius 3 is 2.70 bits per heavy atom. The predicted molar refractivity (Wildman–Crippen MR) is 97.6 cm³/mol. The maximum Gasteiger partial charge on any atom is 0.221 e. The lowest BCUT2D eigenvalue weighted by Gasteiger charge is -2.12. The molecule has 23 heavy (non-hydrogen) atoms. The van der Waals surface area contributed by atoms with Crippen LogP contribution in [0.2, 0.25) is 0 Å². The lowest BCUT2D eigenvalue weighted by atomic mass is 10.1. The fourth-order valence-electron chi connectivity index (χ4n) is 2.18. The summed E-state index contributed by atoms with van der Waals surface area (Å²) < 4.78 is 0. The molecule has 5 heteroatoms. The molecule has 3 N–H and O–H groups in total. The topological polar surface area (TPSA) is 65.5 Å². The van der Waals surface area contributed by atoms with E-state index in [1.54, 1.807) is 0 Å². The average Bonchev–Trinajstić information content (AvgIpc) is 2.48. The van der Waals surface area contributed by atoms with Crippen LogP contribution in [-0.2, 0) is 11.3 Å². The minimum Gasteiger partial charge on any atom is -0.357 e. The molecule has 1 aromatic carbocycles. The number of guanidine groups is 1. The molecule has 0 atom stereocenters. The van der Waals surface area contributed by atoms with Crippen molar-refractivity contribution < 1.29 is 4.79 Å². The second-order valence-corrected chi connectivity index (χ2v) is 6.04. The van der Waals surface area contributed by atoms with Gasteiger partial charge in [-0.3, -0.25) is 4.79 Å². The molecule has 0 unspecified atom stereocenters. The highest BCUT2D eigenvalue weighted by Crippen LogP contribution is 2.11. The molecule has 0 saturated carbocycles. The van der Waals surface area contributed by atoms with Crippen LogP contribution in [0.3, 0.4) is 0 Å². The third kappa shape index (κ3) is 8.86. The summed E-state index contributed by atoms with van der Waals surface area (Å²) in [5.41, 5.74) is 1.87. The number of rotatable bonds is 8. The first-order valence-corrected chi connectivity index (χ1v) is 8.40. The number of aliphatic imine (C=N–C) groups is 1. The van der Waals surface area contributed by atoms with Crippen LogP contribution in [-0.4, -0.2) is 25.0 Å². The zero-order chi connectivity index (χ0) is 17.1. The molecular weight excluding hydrogens is 288 g/mol. The van der Waals surface area contributed by atoms with Crippen LogP contribution >= 0.6 is 0 Å². The quantitative estimate of drug-likeness (QED) is 0.392. The van der Waals surface area contributed by atoms with E-state index >= 15 is 0 Å². The first kappa shape index (κ1) is 19.0. The van der Waals surface area contributed by atoms with Gasteiger partial charge in [-0.05, 0) is 43.4 Å². The van der Waals surface area contributed by atoms with E-state index in [1.165, 1.54) is 13.3 Å². The molecule has 0 heterocycles. The molecule has 128 valence electrons. The van der Waals surface area contributed by atoms with Crippen LogP contribution < -0.4 is 16.0 Å². The van der Waals surface area contributed by atoms with Crippen molar-refractivity contribution in [3.05, 3.63) is 29.8 Å². The Kier molecular flexibility index (Phi) is 8.80. The molecule has 0 fully saturated rings. The summed E-state index contributed by atoms with van der Waals surface area (Å²) in [6.07, 6.45) is 2.35. The Balaban J connectivity index is 2.57. The molecule has 1 amide bonds. The van der Waals surface area contributed by atoms with Crippen molar-refractivity contribution in [2.24, 2.45) is 10.9 Å². The van der Waals surface area contributed by atoms with Crippen molar-refractivity contribution in [1.82, 2.24) is 10.6 Å². The normalized spacial score (nSPS) is 11.4. The van der Waals surface area contributed by atoms with Gasteiger partial charge in [-0.1, -0.05) is 26.0 Å². The highest BCUT2D eigenvalue weighted by molar-refractivity contribution is 5.88. The van der Waals surface area contributed by atoms with E-state index in [0.717, 1.165) is 42.6 Å². The summed E-state index contributed by atoms with van der Waals surface area (Å²) in [5, 5.41) is 9.41. The smallest absolute Gasteiger partial charge is 0.221 e. The second-order valence-electron chi connectivity index (χ2n) is 6.04. The molecule has 0 spiro atoms. The molecule has 0 radical (unpaired) electrons. The SMILES string of the molecule is CCNC(=NCc1cccc(NC(C)=O)c1)NCCCC(C)C. The van der Waals surface area contributed by atoms with Gasteiger partial charge in [0.1, 0.15) is 0 Å². The molecule has 0 aromatic heterocycles. The molecule has 1 aromatic rings. The molecule has 0 saturated heterocycles. The summed E-state index contributed by atoms with van der Waals surface area (Å²) in [5.74, 6) is 1.50. The Hall–Kier alpha value is -2.04. The van der Waals surface area contributed by atoms with E-state index in [-0.39, 0.29) is 5.91 Å². The average molecular weight is 318 g/mol. The van der Waals surface area contributed by atoms with Crippen molar-refractivity contribution in [3.8, 4) is 0 Å². The monoisotopic (exact) mass is 318 g/mol. The fourth-order valence-corrected chi connectivity index (χ4v) is 2.18. The minimum absolute atomic E-state index is 0.0641. The number of nitrogens with one attached hydrogen (secondary N) is 3. The fraction of sp³-hybridized carbons (Fsp3) is 0.556. The second kappa shape index (κ2) is 10.6. The van der Waals surface area contributed by atoms with Gasteiger partial charge in [0.05, 0.1) is 6.54 Å². The summed E-state index contributed by atoms with van der Waals surface area (Å²) in [4.78, 5) is 15.7. The van der Waals surface area contributed by atoms with Gasteiger partial charge in [-0.15, -0.1) is 0 Å². The maximum atomic E-state index is 11.1. The van der Waals surface area contributed by atoms with Crippen molar-refractivity contribution in [2.45, 2.75) is 47.1 Å². The standard InChI is InChI=1S/C18H30N4O/c1-5-19-18(20-11-7-8-14(2)3)21-13-16-9-6-10-17(12-16)22-15(4)23/h6,9-10,12,14H,5,7-8,11,13H2,1-4H3,(H,22,23)(H2,19,20,21). The highest BCUT2D eigenvalue weighted by atomic mass is 16.1. The number of benzene rings is 1. The summed E-state index contributed by atoms with van der Waals surface area (Å²) >= 11 is 0. The van der Waals surface area contributed by atoms with Gasteiger partial charge in [-0.2, -0.15) is 0 Å². The number of amides is 1. The molecule has 1 rings (SSSR count). The first-order valence-electron chi connectivity index (χ1n) is 8.40. The zero-order valence-corrected chi connectivity index (χ0v) is 14.8. The number of carbonyl (C=O) groups excluding carboxylic acids is 1. The zero-order valence-electron chi connectivity index (χ0n) is 14.8. The van der Waals surface area contributed by atoms with Crippen LogP contribution in [0.4, 0.5) is 5.69 Å². The van der Waals surface area contributed by atoms with E-state index in [1.807, 2.05) is 24.3 Å². The van der Waals surface area contributed by atoms with Gasteiger partial charge in [0.15, 0.2) is 5.96 Å². The van der Waals surface area contributed by atoms with Crippen LogP contribution in [0.5, 0.6) is 0 Å². The summed E-state index contributed by atoms with van der Waals surface area (Å²) in [6, 6.07) is 7.77. The number of nitrogens with zero attached hydrogens (tertiary/aromatic N) is 1. The molecule has 5 nitrogen and oxygen atoms in total. The van der Waals surface area contributed by atoms with Crippen LogP contribution in [0.1, 0.15) is 46.1 Å². The van der Waals surface area contributed by atoms with Gasteiger partial charge in [-0.25, -0.2) is 4.99 Å². The van der Waals surface area contributed by atoms with E-state index in [9.17, 15) is 4.79 Å². The summed E-state index contributed by atoms with van der Waals surface area (Å²) in [7, 11) is 0. The third-order valence-corrected chi connectivity index (χ3v) is 3.26. The lowest BCUT2D eigenvalue weighted by Crippen LogP contribution is -2.37. The van der Waals surface area contributed by atoms with Crippen molar-refractivity contribution in [1.29, 1.82) is 0 Å². The summed E-state index contributed by atoms with van der Waals surface area (Å²) in [6.45, 7) is 10.4. The molecule has 0 aliphatic carbocycles. The van der Waals surface area contributed by atoms with Crippen molar-refractivity contribution in [3.63, 3.8) is 0 Å². The number of carbonyl (C=O) groups is 1. The van der Waals surface area contributed by atoms with Gasteiger partial charge in [0.25, 0.3) is 0 Å². The van der Waals surface area contributed by atoms with Gasteiger partial charge < -0.3 is 16.0 Å². The van der Waals surface area contributed by atoms with Crippen LogP contribution in [0.25, 0.3) is 0 Å². The number of hydrogen-bond acceptors (Lipinski definition) is 2. The third-order valence-electron chi connectivity index (χ3n) is 3.26. The van der Waals surface area contributed by atoms with E-state index in [4.69, 9.17) is 0 Å². The lowest BCUT2D eigenvalue weighted by molar-refractivity contribution is -0.114. The Labute approximate surface area is 140 Å². The maximum absolute atomic E-state index is 11.1. The number of anilines is 1. The minimum atomic E-state index is -0.0641. The highest BCUT2D eigenvalue weighted by Gasteiger charge is 2.00. The van der Waals surface area contributed by atoms with Crippen LogP contribution in [0, 0.1) is 5.92 Å². The van der Waals surface area contributed by atoms with Gasteiger partial charge in [0, 0.05) is 25.7 Å². The van der Waals surface area contributed by atoms with Crippen molar-refractivity contribution in [2.75, 3.05) is 18.4 Å². The molecule has 0 bridgehead atoms. The number of hydrogen-bond donors (Lipinski definition) is 3. The van der Waals surface area contributed by atoms with E-state index in [0.29, 0.717) is 6.54 Å².